The maximum absolute atomic E-state index is 13.7. The summed E-state index contributed by atoms with van der Waals surface area (Å²) in [5, 5.41) is 3.17. The molecule has 2 aromatic rings. The third-order valence-electron chi connectivity index (χ3n) is 8.23. The molecule has 0 spiro atoms. The van der Waals surface area contributed by atoms with E-state index in [-0.39, 0.29) is 0 Å². The van der Waals surface area contributed by atoms with Crippen LogP contribution >= 0.6 is 0 Å². The topological polar surface area (TPSA) is 126 Å². The average molecular weight is 774 g/mol. The Morgan fingerprint density at radius 2 is 1.11 bits per heavy atom. The van der Waals surface area contributed by atoms with Crippen LogP contribution in [-0.4, -0.2) is 61.1 Å². The highest BCUT2D eigenvalue weighted by molar-refractivity contribution is 5.78. The van der Waals surface area contributed by atoms with Gasteiger partial charge in [-0.2, -0.15) is 13.2 Å². The Kier molecular flexibility index (Phi) is 14.0. The molecule has 0 aliphatic carbocycles. The number of hydrogen-bond acceptors (Lipinski definition) is 10. The molecular weight excluding hydrogens is 719 g/mol. The Morgan fingerprint density at radius 1 is 0.655 bits per heavy atom. The molecule has 0 bridgehead atoms. The first kappa shape index (κ1) is 45.0. The summed E-state index contributed by atoms with van der Waals surface area (Å²) in [6.45, 7) is 19.0. The predicted octanol–water partition coefficient (Wildman–Crippen LogP) is 7.58. The second-order valence-corrected chi connectivity index (χ2v) is 17.7. The van der Waals surface area contributed by atoms with Crippen molar-refractivity contribution in [2.24, 2.45) is 21.7 Å². The number of nitrogens with one attached hydrogen (secondary N) is 1. The number of halogens is 3. The van der Waals surface area contributed by atoms with Crippen molar-refractivity contribution in [1.82, 2.24) is 5.32 Å². The predicted molar refractivity (Wildman–Crippen MR) is 198 cm³/mol. The molecule has 0 saturated carbocycles. The molecular formula is C42H54F3NO9. The summed E-state index contributed by atoms with van der Waals surface area (Å²) in [7, 11) is 0. The van der Waals surface area contributed by atoms with Crippen LogP contribution in [0.3, 0.4) is 0 Å². The summed E-state index contributed by atoms with van der Waals surface area (Å²) in [6.07, 6.45) is -11.9. The van der Waals surface area contributed by atoms with Gasteiger partial charge in [-0.15, -0.1) is 0 Å². The number of carbonyl (C=O) groups excluding carboxylic acids is 4. The second kappa shape index (κ2) is 17.2. The molecule has 0 unspecified atom stereocenters. The van der Waals surface area contributed by atoms with Gasteiger partial charge in [0.2, 0.25) is 0 Å². The molecule has 0 amide bonds. The van der Waals surface area contributed by atoms with Gasteiger partial charge in [0.1, 0.15) is 12.7 Å². The zero-order valence-electron chi connectivity index (χ0n) is 33.7. The molecule has 1 fully saturated rings. The van der Waals surface area contributed by atoms with E-state index in [2.05, 4.69) is 17.2 Å². The van der Waals surface area contributed by atoms with Crippen molar-refractivity contribution < 1.29 is 56.0 Å². The zero-order valence-corrected chi connectivity index (χ0v) is 33.7. The fourth-order valence-electron chi connectivity index (χ4n) is 4.79. The molecule has 1 aliphatic heterocycles. The fraction of sp³-hybridized carbons (Fsp3) is 0.571. The minimum Gasteiger partial charge on any atom is -0.462 e. The highest BCUT2D eigenvalue weighted by Gasteiger charge is 2.55. The third-order valence-corrected chi connectivity index (χ3v) is 8.23. The largest absolute Gasteiger partial charge is 0.462 e. The molecule has 6 atom stereocenters. The number of alkyl halides is 3. The van der Waals surface area contributed by atoms with E-state index in [1.54, 1.807) is 113 Å². The van der Waals surface area contributed by atoms with Crippen molar-refractivity contribution in [3.8, 4) is 11.8 Å². The molecule has 1 saturated heterocycles. The van der Waals surface area contributed by atoms with Crippen LogP contribution in [0, 0.1) is 33.5 Å². The lowest BCUT2D eigenvalue weighted by atomic mass is 9.92. The summed E-state index contributed by atoms with van der Waals surface area (Å²) in [5.74, 6) is 3.28. The van der Waals surface area contributed by atoms with E-state index in [4.69, 9.17) is 23.7 Å². The maximum Gasteiger partial charge on any atom is 0.416 e. The molecule has 0 radical (unpaired) electrons. The SMILES string of the molecule is CC(C)(C)C(=O)OC[C@H]1O[C@@H](N[C@@H](C#Cc2ccccc2)c2ccc(C(F)(F)F)cc2)[C@H](OC(=O)C(C)(C)C)[C@@H](OC(=O)C(C)(C)C)[C@@H]1OC(=O)C(C)(C)C. The van der Waals surface area contributed by atoms with Gasteiger partial charge >= 0.3 is 30.1 Å². The zero-order chi connectivity index (χ0) is 41.7. The lowest BCUT2D eigenvalue weighted by molar-refractivity contribution is -0.265. The smallest absolute Gasteiger partial charge is 0.416 e. The van der Waals surface area contributed by atoms with E-state index in [1.807, 2.05) is 0 Å². The lowest BCUT2D eigenvalue weighted by Crippen LogP contribution is -2.66. The molecule has 10 nitrogen and oxygen atoms in total. The number of ether oxygens (including phenoxy) is 5. The summed E-state index contributed by atoms with van der Waals surface area (Å²) < 4.78 is 71.1. The summed E-state index contributed by atoms with van der Waals surface area (Å²) in [5.41, 5.74) is -4.15. The Balaban J connectivity index is 2.28. The van der Waals surface area contributed by atoms with E-state index in [1.165, 1.54) is 12.1 Å². The van der Waals surface area contributed by atoms with Gasteiger partial charge in [-0.3, -0.25) is 24.5 Å². The van der Waals surface area contributed by atoms with E-state index in [9.17, 15) is 32.3 Å². The van der Waals surface area contributed by atoms with Gasteiger partial charge in [0.15, 0.2) is 24.5 Å². The molecule has 3 rings (SSSR count). The number of hydrogen-bond donors (Lipinski definition) is 1. The molecule has 0 aromatic heterocycles. The second-order valence-electron chi connectivity index (χ2n) is 17.7. The van der Waals surface area contributed by atoms with E-state index < -0.39 is 101 Å². The molecule has 1 aliphatic rings. The number of benzene rings is 2. The van der Waals surface area contributed by atoms with Crippen LogP contribution in [-0.2, 0) is 49.0 Å². The number of rotatable bonds is 8. The quantitative estimate of drug-likeness (QED) is 0.163. The van der Waals surface area contributed by atoms with Gasteiger partial charge in [0, 0.05) is 5.56 Å². The molecule has 302 valence electrons. The van der Waals surface area contributed by atoms with Gasteiger partial charge in [0.05, 0.1) is 33.3 Å². The standard InChI is InChI=1S/C42H54F3NO9/c1-38(2,3)34(47)51-24-29-30(53-35(48)39(4,5)6)31(54-36(49)40(7,8)9)32(55-37(50)41(10,11)12)33(52-29)46-28(23-18-25-16-14-13-15-17-25)26-19-21-27(22-20-26)42(43,44)45/h13-17,19-22,28-33,46H,24H2,1-12H3/t28-,29+,30+,31-,32+,33+/m0/s1. The third kappa shape index (κ3) is 12.8. The van der Waals surface area contributed by atoms with Crippen LogP contribution in [0.4, 0.5) is 13.2 Å². The van der Waals surface area contributed by atoms with Crippen molar-refractivity contribution in [3.05, 3.63) is 71.3 Å². The summed E-state index contributed by atoms with van der Waals surface area (Å²) in [4.78, 5) is 53.8. The van der Waals surface area contributed by atoms with E-state index in [0.717, 1.165) is 12.1 Å². The minimum absolute atomic E-state index is 0.293. The van der Waals surface area contributed by atoms with E-state index in [0.29, 0.717) is 11.1 Å². The minimum atomic E-state index is -4.60. The van der Waals surface area contributed by atoms with Crippen molar-refractivity contribution in [2.45, 2.75) is 126 Å². The number of carbonyl (C=O) groups is 4. The van der Waals surface area contributed by atoms with Crippen LogP contribution < -0.4 is 5.32 Å². The van der Waals surface area contributed by atoms with Crippen molar-refractivity contribution >= 4 is 23.9 Å². The Hall–Kier alpha value is -4.41. The lowest BCUT2D eigenvalue weighted by Gasteiger charge is -2.46. The molecule has 13 heteroatoms. The molecule has 55 heavy (non-hydrogen) atoms. The van der Waals surface area contributed by atoms with Crippen LogP contribution in [0.2, 0.25) is 0 Å². The monoisotopic (exact) mass is 773 g/mol. The maximum atomic E-state index is 13.7. The normalized spacial score (nSPS) is 21.3. The highest BCUT2D eigenvalue weighted by atomic mass is 19.4. The summed E-state index contributed by atoms with van der Waals surface area (Å²) >= 11 is 0. The first-order valence-corrected chi connectivity index (χ1v) is 18.0. The van der Waals surface area contributed by atoms with Crippen molar-refractivity contribution in [2.75, 3.05) is 6.61 Å². The summed E-state index contributed by atoms with van der Waals surface area (Å²) in [6, 6.07) is 12.1. The van der Waals surface area contributed by atoms with Gasteiger partial charge in [-0.25, -0.2) is 0 Å². The Morgan fingerprint density at radius 3 is 1.56 bits per heavy atom. The van der Waals surface area contributed by atoms with Gasteiger partial charge < -0.3 is 23.7 Å². The van der Waals surface area contributed by atoms with Crippen molar-refractivity contribution in [3.63, 3.8) is 0 Å². The first-order chi connectivity index (χ1) is 25.1. The molecule has 1 N–H and O–H groups in total. The fourth-order valence-corrected chi connectivity index (χ4v) is 4.79. The van der Waals surface area contributed by atoms with Gasteiger partial charge in [0.25, 0.3) is 0 Å². The Labute approximate surface area is 322 Å². The molecule has 1 heterocycles. The van der Waals surface area contributed by atoms with Gasteiger partial charge in [-0.05, 0) is 113 Å². The van der Waals surface area contributed by atoms with Crippen LogP contribution in [0.15, 0.2) is 54.6 Å². The van der Waals surface area contributed by atoms with Crippen LogP contribution in [0.25, 0.3) is 0 Å². The van der Waals surface area contributed by atoms with Crippen LogP contribution in [0.5, 0.6) is 0 Å². The highest BCUT2D eigenvalue weighted by Crippen LogP contribution is 2.35. The van der Waals surface area contributed by atoms with E-state index >= 15 is 0 Å². The Bertz CT molecular complexity index is 1720. The van der Waals surface area contributed by atoms with Gasteiger partial charge in [-0.1, -0.05) is 42.2 Å². The number of esters is 4. The molecule has 2 aromatic carbocycles. The van der Waals surface area contributed by atoms with Crippen molar-refractivity contribution in [1.29, 1.82) is 0 Å². The first-order valence-electron chi connectivity index (χ1n) is 18.0. The average Bonchev–Trinajstić information content (AvgIpc) is 3.06. The van der Waals surface area contributed by atoms with Crippen LogP contribution in [0.1, 0.15) is 106 Å².